The van der Waals surface area contributed by atoms with E-state index >= 15 is 0 Å². The highest BCUT2D eigenvalue weighted by Gasteiger charge is 2.51. The summed E-state index contributed by atoms with van der Waals surface area (Å²) in [5, 5.41) is 0. The second-order valence-corrected chi connectivity index (χ2v) is 10.2. The van der Waals surface area contributed by atoms with E-state index in [9.17, 15) is 13.2 Å². The minimum atomic E-state index is -4.55. The van der Waals surface area contributed by atoms with Crippen LogP contribution in [0.25, 0.3) is 22.4 Å². The van der Waals surface area contributed by atoms with Gasteiger partial charge in [-0.15, -0.1) is 0 Å². The maximum absolute atomic E-state index is 14.2. The summed E-state index contributed by atoms with van der Waals surface area (Å²) in [6.07, 6.45) is -6.02. The van der Waals surface area contributed by atoms with Gasteiger partial charge < -0.3 is 14.0 Å². The Morgan fingerprint density at radius 2 is 1.81 bits per heavy atom. The summed E-state index contributed by atoms with van der Waals surface area (Å²) in [6, 6.07) is 10.8. The molecule has 3 nitrogen and oxygen atoms in total. The number of halogens is 5. The topological polar surface area (TPSA) is 23.4 Å². The molecule has 3 heterocycles. The number of hydrogen-bond acceptors (Lipinski definition) is 2. The van der Waals surface area contributed by atoms with Gasteiger partial charge in [0.1, 0.15) is 11.5 Å². The van der Waals surface area contributed by atoms with Gasteiger partial charge in [-0.05, 0) is 78.2 Å². The van der Waals surface area contributed by atoms with Gasteiger partial charge in [-0.3, -0.25) is 0 Å². The first-order valence-electron chi connectivity index (χ1n) is 9.67. The number of hydrogen-bond donors (Lipinski definition) is 0. The second kappa shape index (κ2) is 6.78. The molecule has 1 aromatic heterocycles. The molecule has 31 heavy (non-hydrogen) atoms. The van der Waals surface area contributed by atoms with Gasteiger partial charge >= 0.3 is 6.18 Å². The third-order valence-electron chi connectivity index (χ3n) is 5.94. The van der Waals surface area contributed by atoms with Gasteiger partial charge in [0.05, 0.1) is 17.3 Å². The van der Waals surface area contributed by atoms with Crippen molar-refractivity contribution in [3.8, 4) is 33.9 Å². The van der Waals surface area contributed by atoms with Gasteiger partial charge in [-0.2, -0.15) is 13.2 Å². The summed E-state index contributed by atoms with van der Waals surface area (Å²) in [6.45, 7) is 3.91. The molecule has 0 bridgehead atoms. The summed E-state index contributed by atoms with van der Waals surface area (Å²) >= 11 is 6.96. The van der Waals surface area contributed by atoms with E-state index in [1.54, 1.807) is 19.2 Å². The van der Waals surface area contributed by atoms with Crippen LogP contribution in [0.5, 0.6) is 11.5 Å². The molecule has 8 heteroatoms. The first kappa shape index (κ1) is 20.9. The van der Waals surface area contributed by atoms with E-state index in [-0.39, 0.29) is 11.4 Å². The minimum absolute atomic E-state index is 0.149. The van der Waals surface area contributed by atoms with Crippen LogP contribution in [0.15, 0.2) is 45.3 Å². The van der Waals surface area contributed by atoms with Crippen LogP contribution >= 0.6 is 31.9 Å². The lowest BCUT2D eigenvalue weighted by Crippen LogP contribution is -2.39. The van der Waals surface area contributed by atoms with Gasteiger partial charge in [0.25, 0.3) is 0 Å². The lowest BCUT2D eigenvalue weighted by atomic mass is 9.86. The lowest BCUT2D eigenvalue weighted by Gasteiger charge is -2.39. The summed E-state index contributed by atoms with van der Waals surface area (Å²) < 4.78 is 56.9. The zero-order valence-corrected chi connectivity index (χ0v) is 20.1. The Morgan fingerprint density at radius 3 is 2.48 bits per heavy atom. The summed E-state index contributed by atoms with van der Waals surface area (Å²) in [5.41, 5.74) is 3.42. The molecule has 0 saturated carbocycles. The van der Waals surface area contributed by atoms with E-state index in [0.29, 0.717) is 23.3 Å². The van der Waals surface area contributed by atoms with Crippen LogP contribution in [-0.2, 0) is 12.0 Å². The van der Waals surface area contributed by atoms with E-state index in [4.69, 9.17) is 9.47 Å². The number of ether oxygens (including phenoxy) is 2. The van der Waals surface area contributed by atoms with Crippen molar-refractivity contribution >= 4 is 31.9 Å². The number of methoxy groups -OCH3 is 1. The summed E-state index contributed by atoms with van der Waals surface area (Å²) in [7, 11) is 1.60. The smallest absolute Gasteiger partial charge is 0.431 e. The Bertz CT molecular complexity index is 1230. The highest BCUT2D eigenvalue weighted by molar-refractivity contribution is 9.10. The Morgan fingerprint density at radius 1 is 1.06 bits per heavy atom. The fourth-order valence-electron chi connectivity index (χ4n) is 4.75. The Hall–Kier alpha value is -1.93. The van der Waals surface area contributed by atoms with E-state index in [2.05, 4.69) is 31.9 Å². The third-order valence-corrected chi connectivity index (χ3v) is 7.06. The van der Waals surface area contributed by atoms with Crippen LogP contribution in [0.1, 0.15) is 31.2 Å². The van der Waals surface area contributed by atoms with Crippen molar-refractivity contribution in [2.24, 2.45) is 0 Å². The molecule has 0 aliphatic carbocycles. The molecule has 0 radical (unpaired) electrons. The molecule has 0 fully saturated rings. The second-order valence-electron chi connectivity index (χ2n) is 8.48. The Kier molecular flexibility index (Phi) is 4.58. The molecule has 2 aromatic carbocycles. The van der Waals surface area contributed by atoms with Gasteiger partial charge in [-0.25, -0.2) is 0 Å². The number of nitrogens with zero attached hydrogens (tertiary/aromatic N) is 1. The number of aromatic nitrogens is 1. The molecule has 2 aliphatic heterocycles. The molecule has 3 aromatic rings. The fourth-order valence-corrected chi connectivity index (χ4v) is 5.62. The summed E-state index contributed by atoms with van der Waals surface area (Å²) in [5.74, 6) is 0.931. The molecule has 5 rings (SSSR count). The van der Waals surface area contributed by atoms with Crippen LogP contribution in [0.4, 0.5) is 13.2 Å². The minimum Gasteiger partial charge on any atom is -0.496 e. The van der Waals surface area contributed by atoms with Gasteiger partial charge in [-0.1, -0.05) is 15.9 Å². The van der Waals surface area contributed by atoms with Gasteiger partial charge in [0.15, 0.2) is 0 Å². The number of alkyl halides is 3. The van der Waals surface area contributed by atoms with Gasteiger partial charge in [0, 0.05) is 32.4 Å². The van der Waals surface area contributed by atoms with E-state index < -0.39 is 17.8 Å². The third kappa shape index (κ3) is 3.13. The number of rotatable bonds is 1. The number of benzene rings is 2. The van der Waals surface area contributed by atoms with Crippen LogP contribution in [0.3, 0.4) is 0 Å². The van der Waals surface area contributed by atoms with E-state index in [1.165, 1.54) is 0 Å². The van der Waals surface area contributed by atoms with Crippen LogP contribution in [0.2, 0.25) is 0 Å². The Balaban J connectivity index is 1.86. The average molecular weight is 557 g/mol. The van der Waals surface area contributed by atoms with E-state index in [1.807, 2.05) is 42.7 Å². The zero-order chi connectivity index (χ0) is 22.3. The largest absolute Gasteiger partial charge is 0.496 e. The van der Waals surface area contributed by atoms with Crippen molar-refractivity contribution in [2.45, 2.75) is 38.1 Å². The van der Waals surface area contributed by atoms with Gasteiger partial charge in [0.2, 0.25) is 6.10 Å². The predicted octanol–water partition coefficient (Wildman–Crippen LogP) is 7.64. The van der Waals surface area contributed by atoms with Crippen LogP contribution < -0.4 is 9.47 Å². The number of fused-ring (bicyclic) bond motifs is 7. The molecule has 0 N–H and O–H groups in total. The first-order valence-corrected chi connectivity index (χ1v) is 11.3. The van der Waals surface area contributed by atoms with Crippen molar-refractivity contribution in [2.75, 3.05) is 7.11 Å². The van der Waals surface area contributed by atoms with Crippen molar-refractivity contribution < 1.29 is 22.6 Å². The molecular formula is C23H18Br2F3NO2. The molecular weight excluding hydrogens is 539 g/mol. The highest BCUT2D eigenvalue weighted by atomic mass is 79.9. The van der Waals surface area contributed by atoms with Crippen molar-refractivity contribution in [3.05, 3.63) is 56.6 Å². The molecule has 2 aliphatic rings. The normalized spacial score (nSPS) is 18.4. The Labute approximate surface area is 194 Å². The van der Waals surface area contributed by atoms with Crippen LogP contribution in [-0.4, -0.2) is 17.9 Å². The monoisotopic (exact) mass is 555 g/mol. The molecule has 1 unspecified atom stereocenters. The standard InChI is InChI=1S/C23H18Br2F3NO2/c1-22(2)10-11-6-19(30-3)16(25)8-13(11)17-9-15-14-7-12(24)4-5-18(14)31-21(23(26,27)28)20(15)29(17)22/h4-9,21H,10H2,1-3H3. The van der Waals surface area contributed by atoms with Crippen molar-refractivity contribution in [3.63, 3.8) is 0 Å². The van der Waals surface area contributed by atoms with Crippen molar-refractivity contribution in [1.82, 2.24) is 4.57 Å². The molecule has 162 valence electrons. The van der Waals surface area contributed by atoms with Crippen LogP contribution in [0, 0.1) is 0 Å². The van der Waals surface area contributed by atoms with E-state index in [0.717, 1.165) is 25.8 Å². The SMILES string of the molecule is COc1cc2c(cc1Br)-c1cc3c(n1C(C)(C)C2)C(C(F)(F)F)Oc1ccc(Br)cc1-3. The maximum Gasteiger partial charge on any atom is 0.431 e. The first-order chi connectivity index (χ1) is 14.5. The molecule has 0 amide bonds. The molecule has 1 atom stereocenters. The average Bonchev–Trinajstić information content (AvgIpc) is 3.09. The van der Waals surface area contributed by atoms with Crippen molar-refractivity contribution in [1.29, 1.82) is 0 Å². The maximum atomic E-state index is 14.2. The quantitative estimate of drug-likeness (QED) is 0.307. The highest BCUT2D eigenvalue weighted by Crippen LogP contribution is 2.54. The summed E-state index contributed by atoms with van der Waals surface area (Å²) in [4.78, 5) is 0. The zero-order valence-electron chi connectivity index (χ0n) is 16.9. The predicted molar refractivity (Wildman–Crippen MR) is 120 cm³/mol. The fraction of sp³-hybridized carbons (Fsp3) is 0.304. The molecule has 0 spiro atoms. The molecule has 0 saturated heterocycles. The lowest BCUT2D eigenvalue weighted by molar-refractivity contribution is -0.200.